The second kappa shape index (κ2) is 12.2. The highest BCUT2D eigenvalue weighted by Crippen LogP contribution is 2.39. The molecular weight excluding hydrogens is 599 g/mol. The van der Waals surface area contributed by atoms with E-state index in [2.05, 4.69) is 109 Å². The van der Waals surface area contributed by atoms with Crippen LogP contribution in [0.3, 0.4) is 0 Å². The lowest BCUT2D eigenvalue weighted by atomic mass is 9.94. The first-order valence-corrected chi connectivity index (χ1v) is 16.4. The molecule has 0 saturated heterocycles. The Labute approximate surface area is 284 Å². The van der Waals surface area contributed by atoms with E-state index in [0.29, 0.717) is 11.7 Å². The molecule has 9 rings (SSSR count). The predicted octanol–water partition coefficient (Wildman–Crippen LogP) is 11.8. The first-order valence-electron chi connectivity index (χ1n) is 16.4. The Kier molecular flexibility index (Phi) is 7.10. The molecule has 0 aliphatic heterocycles. The topological polar surface area (TPSA) is 51.8 Å². The van der Waals surface area contributed by atoms with Crippen molar-refractivity contribution in [2.45, 2.75) is 0 Å². The average molecular weight is 628 g/mol. The number of hydrogen-bond acceptors (Lipinski definition) is 4. The SMILES string of the molecule is c1ccc(-c2ccc(-c3cc(-c4ccccc4)nc(-c4ccc(-c5cccc6oc(-c7ccccc7)nc56)c5ccccc45)n3)cc2)cc1. The van der Waals surface area contributed by atoms with Crippen molar-refractivity contribution in [2.75, 3.05) is 0 Å². The summed E-state index contributed by atoms with van der Waals surface area (Å²) in [5, 5.41) is 2.17. The second-order valence-electron chi connectivity index (χ2n) is 12.0. The van der Waals surface area contributed by atoms with Crippen LogP contribution in [0.2, 0.25) is 0 Å². The molecule has 0 fully saturated rings. The third kappa shape index (κ3) is 5.35. The molecule has 0 bridgehead atoms. The van der Waals surface area contributed by atoms with Crippen molar-refractivity contribution < 1.29 is 4.42 Å². The Morgan fingerprint density at radius 1 is 0.347 bits per heavy atom. The first-order chi connectivity index (χ1) is 24.3. The van der Waals surface area contributed by atoms with E-state index in [9.17, 15) is 0 Å². The van der Waals surface area contributed by atoms with E-state index in [0.717, 1.165) is 66.6 Å². The number of fused-ring (bicyclic) bond motifs is 2. The summed E-state index contributed by atoms with van der Waals surface area (Å²) in [6.45, 7) is 0. The fourth-order valence-corrected chi connectivity index (χ4v) is 6.54. The van der Waals surface area contributed by atoms with E-state index in [4.69, 9.17) is 19.4 Å². The summed E-state index contributed by atoms with van der Waals surface area (Å²) in [7, 11) is 0. The zero-order valence-electron chi connectivity index (χ0n) is 26.5. The van der Waals surface area contributed by atoms with E-state index >= 15 is 0 Å². The first kappa shape index (κ1) is 28.6. The van der Waals surface area contributed by atoms with Gasteiger partial charge in [-0.1, -0.05) is 146 Å². The monoisotopic (exact) mass is 627 g/mol. The fourth-order valence-electron chi connectivity index (χ4n) is 6.54. The van der Waals surface area contributed by atoms with Gasteiger partial charge >= 0.3 is 0 Å². The molecular formula is C45H29N3O. The van der Waals surface area contributed by atoms with Gasteiger partial charge in [-0.25, -0.2) is 15.0 Å². The van der Waals surface area contributed by atoms with E-state index in [1.54, 1.807) is 0 Å². The van der Waals surface area contributed by atoms with E-state index in [1.165, 1.54) is 11.1 Å². The van der Waals surface area contributed by atoms with Crippen LogP contribution in [0.4, 0.5) is 0 Å². The van der Waals surface area contributed by atoms with Crippen molar-refractivity contribution in [3.05, 3.63) is 176 Å². The molecule has 0 radical (unpaired) electrons. The van der Waals surface area contributed by atoms with Gasteiger partial charge in [-0.15, -0.1) is 0 Å². The largest absolute Gasteiger partial charge is 0.436 e. The van der Waals surface area contributed by atoms with Crippen LogP contribution in [0, 0.1) is 0 Å². The number of hydrogen-bond donors (Lipinski definition) is 0. The Morgan fingerprint density at radius 2 is 0.857 bits per heavy atom. The minimum Gasteiger partial charge on any atom is -0.436 e. The quantitative estimate of drug-likeness (QED) is 0.184. The molecule has 9 aromatic rings. The van der Waals surface area contributed by atoms with Crippen LogP contribution < -0.4 is 0 Å². The molecule has 4 heteroatoms. The van der Waals surface area contributed by atoms with Gasteiger partial charge in [-0.05, 0) is 57.8 Å². The number of benzene rings is 7. The number of para-hydroxylation sites is 1. The molecule has 0 saturated carbocycles. The smallest absolute Gasteiger partial charge is 0.227 e. The maximum atomic E-state index is 6.23. The van der Waals surface area contributed by atoms with Gasteiger partial charge in [0.05, 0.1) is 11.4 Å². The zero-order chi connectivity index (χ0) is 32.6. The Hall–Kier alpha value is -6.65. The summed E-state index contributed by atoms with van der Waals surface area (Å²) < 4.78 is 6.23. The highest BCUT2D eigenvalue weighted by atomic mass is 16.3. The molecule has 7 aromatic carbocycles. The van der Waals surface area contributed by atoms with Crippen LogP contribution in [0.15, 0.2) is 180 Å². The van der Waals surface area contributed by atoms with Crippen LogP contribution in [0.1, 0.15) is 0 Å². The molecule has 49 heavy (non-hydrogen) atoms. The summed E-state index contributed by atoms with van der Waals surface area (Å²) in [4.78, 5) is 15.3. The van der Waals surface area contributed by atoms with E-state index in [-0.39, 0.29) is 0 Å². The van der Waals surface area contributed by atoms with Crippen LogP contribution in [-0.2, 0) is 0 Å². The standard InChI is InChI=1S/C45H29N3O/c1-4-13-30(14-5-1)31-23-25-33(26-24-31)41-29-40(32-15-6-2-7-16-32)46-44(47-41)39-28-27-37(35-19-10-11-20-36(35)39)38-21-12-22-42-43(38)48-45(49-42)34-17-8-3-9-18-34/h1-29H. The minimum absolute atomic E-state index is 0.611. The number of nitrogens with zero attached hydrogens (tertiary/aromatic N) is 3. The summed E-state index contributed by atoms with van der Waals surface area (Å²) in [6, 6.07) is 60.4. The van der Waals surface area contributed by atoms with Gasteiger partial charge in [0.1, 0.15) is 5.52 Å². The summed E-state index contributed by atoms with van der Waals surface area (Å²) >= 11 is 0. The summed E-state index contributed by atoms with van der Waals surface area (Å²) in [5.74, 6) is 1.29. The normalized spacial score (nSPS) is 11.3. The molecule has 0 amide bonds. The number of aromatic nitrogens is 3. The number of rotatable bonds is 6. The maximum absolute atomic E-state index is 6.23. The lowest BCUT2D eigenvalue weighted by Crippen LogP contribution is -1.97. The highest BCUT2D eigenvalue weighted by molar-refractivity contribution is 6.08. The maximum Gasteiger partial charge on any atom is 0.227 e. The van der Waals surface area contributed by atoms with E-state index < -0.39 is 0 Å². The van der Waals surface area contributed by atoms with Crippen LogP contribution >= 0.6 is 0 Å². The Balaban J connectivity index is 1.19. The Bertz CT molecular complexity index is 2580. The summed E-state index contributed by atoms with van der Waals surface area (Å²) in [6.07, 6.45) is 0. The predicted molar refractivity (Wildman–Crippen MR) is 200 cm³/mol. The van der Waals surface area contributed by atoms with Crippen molar-refractivity contribution in [1.82, 2.24) is 15.0 Å². The fraction of sp³-hybridized carbons (Fsp3) is 0. The molecule has 230 valence electrons. The Morgan fingerprint density at radius 3 is 1.53 bits per heavy atom. The second-order valence-corrected chi connectivity index (χ2v) is 12.0. The molecule has 0 aliphatic carbocycles. The third-order valence-electron chi connectivity index (χ3n) is 8.98. The molecule has 0 atom stereocenters. The van der Waals surface area contributed by atoms with Crippen molar-refractivity contribution in [1.29, 1.82) is 0 Å². The van der Waals surface area contributed by atoms with Crippen molar-refractivity contribution in [3.8, 4) is 67.6 Å². The molecule has 2 heterocycles. The molecule has 0 aliphatic rings. The average Bonchev–Trinajstić information content (AvgIpc) is 3.64. The van der Waals surface area contributed by atoms with Crippen molar-refractivity contribution >= 4 is 21.9 Å². The van der Waals surface area contributed by atoms with Gasteiger partial charge in [-0.2, -0.15) is 0 Å². The summed E-state index contributed by atoms with van der Waals surface area (Å²) in [5.41, 5.74) is 11.8. The zero-order valence-corrected chi connectivity index (χ0v) is 26.5. The van der Waals surface area contributed by atoms with Crippen molar-refractivity contribution in [2.24, 2.45) is 0 Å². The molecule has 2 aromatic heterocycles. The van der Waals surface area contributed by atoms with Crippen molar-refractivity contribution in [3.63, 3.8) is 0 Å². The van der Waals surface area contributed by atoms with Crippen LogP contribution in [0.25, 0.3) is 89.5 Å². The van der Waals surface area contributed by atoms with Gasteiger partial charge in [0.15, 0.2) is 11.4 Å². The number of oxazole rings is 1. The molecule has 4 nitrogen and oxygen atoms in total. The van der Waals surface area contributed by atoms with Crippen LogP contribution in [0.5, 0.6) is 0 Å². The van der Waals surface area contributed by atoms with E-state index in [1.807, 2.05) is 66.7 Å². The van der Waals surface area contributed by atoms with Gasteiger partial charge in [0.2, 0.25) is 5.89 Å². The van der Waals surface area contributed by atoms with Gasteiger partial charge in [-0.3, -0.25) is 0 Å². The lowest BCUT2D eigenvalue weighted by Gasteiger charge is -2.14. The molecule has 0 spiro atoms. The van der Waals surface area contributed by atoms with Gasteiger partial charge in [0, 0.05) is 27.8 Å². The highest BCUT2D eigenvalue weighted by Gasteiger charge is 2.18. The molecule has 0 unspecified atom stereocenters. The van der Waals surface area contributed by atoms with Gasteiger partial charge in [0.25, 0.3) is 0 Å². The lowest BCUT2D eigenvalue weighted by molar-refractivity contribution is 0.620. The molecule has 0 N–H and O–H groups in total. The van der Waals surface area contributed by atoms with Crippen LogP contribution in [-0.4, -0.2) is 15.0 Å². The van der Waals surface area contributed by atoms with Gasteiger partial charge < -0.3 is 4.42 Å². The third-order valence-corrected chi connectivity index (χ3v) is 8.98. The minimum atomic E-state index is 0.611.